The first-order chi connectivity index (χ1) is 10.5. The van der Waals surface area contributed by atoms with Crippen molar-refractivity contribution in [1.82, 2.24) is 15.5 Å². The van der Waals surface area contributed by atoms with Gasteiger partial charge in [0.25, 0.3) is 0 Å². The molecule has 0 radical (unpaired) electrons. The number of nitrogens with zero attached hydrogens (tertiary/aromatic N) is 2. The number of rotatable bonds is 8. The molecule has 1 aromatic carbocycles. The third-order valence-electron chi connectivity index (χ3n) is 3.30. The summed E-state index contributed by atoms with van der Waals surface area (Å²) in [6.45, 7) is 10.1. The van der Waals surface area contributed by atoms with Gasteiger partial charge >= 0.3 is 0 Å². The second-order valence-corrected chi connectivity index (χ2v) is 6.36. The van der Waals surface area contributed by atoms with E-state index in [4.69, 9.17) is 0 Å². The summed E-state index contributed by atoms with van der Waals surface area (Å²) in [6.07, 6.45) is 1.16. The molecule has 0 aliphatic rings. The molecule has 4 heteroatoms. The quantitative estimate of drug-likeness (QED) is 0.573. The third-order valence-corrected chi connectivity index (χ3v) is 3.30. The Kier molecular flexibility index (Phi) is 8.60. The summed E-state index contributed by atoms with van der Waals surface area (Å²) in [4.78, 5) is 6.83. The zero-order chi connectivity index (χ0) is 16.4. The molecule has 0 heterocycles. The minimum atomic E-state index is 0.708. The van der Waals surface area contributed by atoms with E-state index in [1.165, 1.54) is 11.1 Å². The van der Waals surface area contributed by atoms with Crippen molar-refractivity contribution in [1.29, 1.82) is 0 Å². The highest BCUT2D eigenvalue weighted by atomic mass is 15.2. The largest absolute Gasteiger partial charge is 0.357 e. The molecule has 0 aliphatic heterocycles. The molecule has 0 saturated heterocycles. The first-order valence-corrected chi connectivity index (χ1v) is 8.26. The summed E-state index contributed by atoms with van der Waals surface area (Å²) in [5, 5.41) is 6.69. The Hall–Kier alpha value is -1.55. The summed E-state index contributed by atoms with van der Waals surface area (Å²) in [6, 6.07) is 8.70. The molecule has 22 heavy (non-hydrogen) atoms. The lowest BCUT2D eigenvalue weighted by molar-refractivity contribution is 0.402. The summed E-state index contributed by atoms with van der Waals surface area (Å²) < 4.78 is 0. The minimum absolute atomic E-state index is 0.708. The normalized spacial score (nSPS) is 12.0. The second kappa shape index (κ2) is 10.2. The van der Waals surface area contributed by atoms with Crippen molar-refractivity contribution >= 4 is 5.96 Å². The van der Waals surface area contributed by atoms with Crippen molar-refractivity contribution in [2.24, 2.45) is 10.9 Å². The topological polar surface area (TPSA) is 39.7 Å². The Morgan fingerprint density at radius 3 is 2.27 bits per heavy atom. The average molecular weight is 304 g/mol. The van der Waals surface area contributed by atoms with Crippen molar-refractivity contribution in [3.63, 3.8) is 0 Å². The average Bonchev–Trinajstić information content (AvgIpc) is 2.45. The Morgan fingerprint density at radius 2 is 1.73 bits per heavy atom. The molecule has 124 valence electrons. The minimum Gasteiger partial charge on any atom is -0.357 e. The van der Waals surface area contributed by atoms with Crippen LogP contribution in [0.3, 0.4) is 0 Å². The zero-order valence-corrected chi connectivity index (χ0v) is 14.8. The fraction of sp³-hybridized carbons (Fsp3) is 0.611. The van der Waals surface area contributed by atoms with E-state index in [1.807, 2.05) is 0 Å². The molecule has 0 atom stereocenters. The smallest absolute Gasteiger partial charge is 0.191 e. The van der Waals surface area contributed by atoms with Crippen LogP contribution in [0.25, 0.3) is 0 Å². The van der Waals surface area contributed by atoms with Crippen LogP contribution < -0.4 is 10.6 Å². The maximum Gasteiger partial charge on any atom is 0.191 e. The van der Waals surface area contributed by atoms with E-state index in [-0.39, 0.29) is 0 Å². The summed E-state index contributed by atoms with van der Waals surface area (Å²) in [5.74, 6) is 1.61. The van der Waals surface area contributed by atoms with Crippen LogP contribution in [0.2, 0.25) is 0 Å². The van der Waals surface area contributed by atoms with E-state index in [0.717, 1.165) is 32.0 Å². The zero-order valence-electron chi connectivity index (χ0n) is 14.8. The first-order valence-electron chi connectivity index (χ1n) is 8.26. The van der Waals surface area contributed by atoms with E-state index in [2.05, 4.69) is 79.7 Å². The lowest BCUT2D eigenvalue weighted by Crippen LogP contribution is -2.38. The third kappa shape index (κ3) is 8.03. The molecule has 0 aromatic heterocycles. The first kappa shape index (κ1) is 18.5. The van der Waals surface area contributed by atoms with Gasteiger partial charge in [0.05, 0.1) is 6.54 Å². The summed E-state index contributed by atoms with van der Waals surface area (Å²) in [7, 11) is 4.17. The summed E-state index contributed by atoms with van der Waals surface area (Å²) >= 11 is 0. The van der Waals surface area contributed by atoms with Crippen LogP contribution in [-0.4, -0.2) is 38.0 Å². The fourth-order valence-electron chi connectivity index (χ4n) is 2.11. The van der Waals surface area contributed by atoms with E-state index < -0.39 is 0 Å². The maximum absolute atomic E-state index is 4.66. The molecule has 2 N–H and O–H groups in total. The van der Waals surface area contributed by atoms with Gasteiger partial charge in [-0.3, -0.25) is 0 Å². The van der Waals surface area contributed by atoms with Crippen LogP contribution >= 0.6 is 0 Å². The van der Waals surface area contributed by atoms with E-state index in [9.17, 15) is 0 Å². The van der Waals surface area contributed by atoms with Gasteiger partial charge in [0.1, 0.15) is 0 Å². The monoisotopic (exact) mass is 304 g/mol. The van der Waals surface area contributed by atoms with Gasteiger partial charge in [-0.05, 0) is 44.5 Å². The van der Waals surface area contributed by atoms with Gasteiger partial charge in [0.2, 0.25) is 0 Å². The van der Waals surface area contributed by atoms with Crippen LogP contribution in [-0.2, 0) is 13.1 Å². The number of hydrogen-bond acceptors (Lipinski definition) is 2. The Morgan fingerprint density at radius 1 is 1.09 bits per heavy atom. The number of nitrogens with one attached hydrogen (secondary N) is 2. The molecule has 0 fully saturated rings. The number of benzene rings is 1. The van der Waals surface area contributed by atoms with Gasteiger partial charge in [0.15, 0.2) is 5.96 Å². The molecule has 1 aromatic rings. The number of guanidine groups is 1. The molecule has 0 unspecified atom stereocenters. The van der Waals surface area contributed by atoms with E-state index in [0.29, 0.717) is 12.5 Å². The highest BCUT2D eigenvalue weighted by Gasteiger charge is 2.00. The number of aliphatic imine (C=N–C) groups is 1. The molecule has 0 saturated carbocycles. The summed E-state index contributed by atoms with van der Waals surface area (Å²) in [5.41, 5.74) is 2.57. The Balaban J connectivity index is 2.53. The van der Waals surface area contributed by atoms with Crippen molar-refractivity contribution < 1.29 is 0 Å². The Bertz CT molecular complexity index is 435. The SMILES string of the molecule is CCNC(=NCc1ccc(CN(C)C)cc1)NCCC(C)C. The van der Waals surface area contributed by atoms with Crippen LogP contribution in [0.15, 0.2) is 29.3 Å². The lowest BCUT2D eigenvalue weighted by Gasteiger charge is -2.12. The fourth-order valence-corrected chi connectivity index (χ4v) is 2.11. The molecule has 0 bridgehead atoms. The van der Waals surface area contributed by atoms with Crippen LogP contribution in [0, 0.1) is 5.92 Å². The van der Waals surface area contributed by atoms with Gasteiger partial charge in [-0.1, -0.05) is 38.1 Å². The molecule has 0 amide bonds. The van der Waals surface area contributed by atoms with Gasteiger partial charge in [-0.2, -0.15) is 0 Å². The highest BCUT2D eigenvalue weighted by Crippen LogP contribution is 2.07. The molecular weight excluding hydrogens is 272 g/mol. The predicted octanol–water partition coefficient (Wildman–Crippen LogP) is 2.85. The number of hydrogen-bond donors (Lipinski definition) is 2. The van der Waals surface area contributed by atoms with Crippen molar-refractivity contribution in [3.8, 4) is 0 Å². The van der Waals surface area contributed by atoms with Gasteiger partial charge in [-0.25, -0.2) is 4.99 Å². The standard InChI is InChI=1S/C18H32N4/c1-6-19-18(20-12-11-15(2)3)21-13-16-7-9-17(10-8-16)14-22(4)5/h7-10,15H,6,11-14H2,1-5H3,(H2,19,20,21). The molecule has 1 rings (SSSR count). The van der Waals surface area contributed by atoms with E-state index in [1.54, 1.807) is 0 Å². The van der Waals surface area contributed by atoms with Gasteiger partial charge in [-0.15, -0.1) is 0 Å². The second-order valence-electron chi connectivity index (χ2n) is 6.36. The maximum atomic E-state index is 4.66. The van der Waals surface area contributed by atoms with Crippen LogP contribution in [0.4, 0.5) is 0 Å². The van der Waals surface area contributed by atoms with Gasteiger partial charge < -0.3 is 15.5 Å². The highest BCUT2D eigenvalue weighted by molar-refractivity contribution is 5.79. The molecule has 0 aliphatic carbocycles. The predicted molar refractivity (Wildman–Crippen MR) is 96.1 cm³/mol. The van der Waals surface area contributed by atoms with Crippen molar-refractivity contribution in [2.75, 3.05) is 27.2 Å². The molecule has 4 nitrogen and oxygen atoms in total. The Labute approximate surface area is 136 Å². The lowest BCUT2D eigenvalue weighted by atomic mass is 10.1. The van der Waals surface area contributed by atoms with Crippen LogP contribution in [0.5, 0.6) is 0 Å². The van der Waals surface area contributed by atoms with E-state index >= 15 is 0 Å². The molecular formula is C18H32N4. The van der Waals surface area contributed by atoms with Crippen LogP contribution in [0.1, 0.15) is 38.3 Å². The van der Waals surface area contributed by atoms with Crippen molar-refractivity contribution in [2.45, 2.75) is 40.3 Å². The van der Waals surface area contributed by atoms with Crippen molar-refractivity contribution in [3.05, 3.63) is 35.4 Å². The molecule has 0 spiro atoms. The van der Waals surface area contributed by atoms with Gasteiger partial charge in [0, 0.05) is 19.6 Å².